The monoisotopic (exact) mass is 414 g/mol. The van der Waals surface area contributed by atoms with Gasteiger partial charge in [-0.15, -0.1) is 0 Å². The number of pyridine rings is 1. The Labute approximate surface area is 182 Å². The number of benzene rings is 2. The standard InChI is InChI=1S/C26H26N2O3/c29-25(21-13-19-9-4-5-12-24(19)27-16-21)20-14-22-10-6-11-23(15-20)28(22)26(30)31-17-18-7-2-1-3-8-18/h1-5,7-9,12-13,16,20,22-23H,6,10-11,14-15,17H2. The maximum Gasteiger partial charge on any atom is 0.410 e. The topological polar surface area (TPSA) is 59.5 Å². The number of aromatic nitrogens is 1. The highest BCUT2D eigenvalue weighted by atomic mass is 16.6. The number of para-hydroxylation sites is 1. The van der Waals surface area contributed by atoms with Crippen LogP contribution in [0.1, 0.15) is 48.0 Å². The van der Waals surface area contributed by atoms with E-state index < -0.39 is 0 Å². The van der Waals surface area contributed by atoms with Crippen LogP contribution in [0.3, 0.4) is 0 Å². The van der Waals surface area contributed by atoms with Crippen LogP contribution in [0.25, 0.3) is 10.9 Å². The van der Waals surface area contributed by atoms with Crippen molar-refractivity contribution in [3.63, 3.8) is 0 Å². The number of hydrogen-bond acceptors (Lipinski definition) is 4. The predicted octanol–water partition coefficient (Wildman–Crippen LogP) is 5.39. The summed E-state index contributed by atoms with van der Waals surface area (Å²) in [6.07, 6.45) is 5.78. The van der Waals surface area contributed by atoms with Crippen molar-refractivity contribution >= 4 is 22.8 Å². The van der Waals surface area contributed by atoms with Gasteiger partial charge in [0.2, 0.25) is 0 Å². The average Bonchev–Trinajstić information content (AvgIpc) is 2.81. The number of carbonyl (C=O) groups excluding carboxylic acids is 2. The van der Waals surface area contributed by atoms with Crippen molar-refractivity contribution in [3.05, 3.63) is 78.0 Å². The molecule has 3 heterocycles. The number of rotatable bonds is 4. The van der Waals surface area contributed by atoms with Gasteiger partial charge >= 0.3 is 6.09 Å². The molecule has 1 aromatic heterocycles. The Morgan fingerprint density at radius 1 is 0.968 bits per heavy atom. The number of fused-ring (bicyclic) bond motifs is 3. The lowest BCUT2D eigenvalue weighted by Gasteiger charge is -2.47. The smallest absolute Gasteiger partial charge is 0.410 e. The fourth-order valence-corrected chi connectivity index (χ4v) is 5.13. The van der Waals surface area contributed by atoms with E-state index >= 15 is 0 Å². The summed E-state index contributed by atoms with van der Waals surface area (Å²) in [5.41, 5.74) is 2.55. The first kappa shape index (κ1) is 19.7. The minimum atomic E-state index is -0.253. The number of Topliss-reactive ketones (excluding diaryl/α,β-unsaturated/α-hetero) is 1. The lowest BCUT2D eigenvalue weighted by atomic mass is 9.76. The molecule has 5 rings (SSSR count). The Bertz CT molecular complexity index is 1080. The van der Waals surface area contributed by atoms with Gasteiger partial charge < -0.3 is 9.64 Å². The number of ether oxygens (including phenoxy) is 1. The highest BCUT2D eigenvalue weighted by Crippen LogP contribution is 2.39. The summed E-state index contributed by atoms with van der Waals surface area (Å²) in [5, 5.41) is 0.982. The maximum absolute atomic E-state index is 13.3. The summed E-state index contributed by atoms with van der Waals surface area (Å²) in [6.45, 7) is 0.279. The second-order valence-corrected chi connectivity index (χ2v) is 8.64. The average molecular weight is 415 g/mol. The van der Waals surface area contributed by atoms with Crippen molar-refractivity contribution in [1.29, 1.82) is 0 Å². The molecule has 0 saturated carbocycles. The molecule has 5 nitrogen and oxygen atoms in total. The van der Waals surface area contributed by atoms with Gasteiger partial charge in [0.15, 0.2) is 5.78 Å². The van der Waals surface area contributed by atoms with Crippen LogP contribution in [-0.2, 0) is 11.3 Å². The Balaban J connectivity index is 1.29. The van der Waals surface area contributed by atoms with Crippen molar-refractivity contribution in [3.8, 4) is 0 Å². The number of nitrogens with zero attached hydrogens (tertiary/aromatic N) is 2. The van der Waals surface area contributed by atoms with Crippen LogP contribution in [0.2, 0.25) is 0 Å². The Morgan fingerprint density at radius 2 is 1.68 bits per heavy atom. The molecule has 2 bridgehead atoms. The van der Waals surface area contributed by atoms with Gasteiger partial charge in [0.25, 0.3) is 0 Å². The van der Waals surface area contributed by atoms with Crippen LogP contribution >= 0.6 is 0 Å². The van der Waals surface area contributed by atoms with E-state index in [0.29, 0.717) is 18.4 Å². The van der Waals surface area contributed by atoms with E-state index in [1.807, 2.05) is 65.6 Å². The van der Waals surface area contributed by atoms with E-state index in [1.54, 1.807) is 6.20 Å². The van der Waals surface area contributed by atoms with Gasteiger partial charge in [-0.2, -0.15) is 0 Å². The van der Waals surface area contributed by atoms with Gasteiger partial charge in [0.1, 0.15) is 6.61 Å². The Hall–Kier alpha value is -3.21. The maximum atomic E-state index is 13.3. The Morgan fingerprint density at radius 3 is 2.45 bits per heavy atom. The van der Waals surface area contributed by atoms with Crippen molar-refractivity contribution in [2.24, 2.45) is 5.92 Å². The highest BCUT2D eigenvalue weighted by molar-refractivity contribution is 6.00. The van der Waals surface area contributed by atoms with Crippen molar-refractivity contribution in [2.75, 3.05) is 0 Å². The first-order valence-electron chi connectivity index (χ1n) is 11.1. The molecule has 0 spiro atoms. The van der Waals surface area contributed by atoms with E-state index in [2.05, 4.69) is 4.98 Å². The summed E-state index contributed by atoms with van der Waals surface area (Å²) < 4.78 is 5.62. The molecular weight excluding hydrogens is 388 g/mol. The lowest BCUT2D eigenvalue weighted by molar-refractivity contribution is 0.00472. The molecule has 5 heteroatoms. The van der Waals surface area contributed by atoms with Gasteiger partial charge in [-0.3, -0.25) is 9.78 Å². The summed E-state index contributed by atoms with van der Waals surface area (Å²) in [5.74, 6) is 0.0730. The molecule has 2 aliphatic rings. The van der Waals surface area contributed by atoms with Gasteiger partial charge in [0.05, 0.1) is 5.52 Å². The fraction of sp³-hybridized carbons (Fsp3) is 0.346. The quantitative estimate of drug-likeness (QED) is 0.537. The molecule has 2 fully saturated rings. The summed E-state index contributed by atoms with van der Waals surface area (Å²) in [4.78, 5) is 32.5. The third-order valence-electron chi connectivity index (χ3n) is 6.64. The van der Waals surface area contributed by atoms with Crippen LogP contribution in [0.15, 0.2) is 66.9 Å². The molecule has 1 amide bonds. The molecule has 31 heavy (non-hydrogen) atoms. The third-order valence-corrected chi connectivity index (χ3v) is 6.64. The minimum absolute atomic E-state index is 0.0677. The lowest BCUT2D eigenvalue weighted by Crippen LogP contribution is -2.55. The van der Waals surface area contributed by atoms with Crippen LogP contribution in [0, 0.1) is 5.92 Å². The molecule has 0 radical (unpaired) electrons. The second-order valence-electron chi connectivity index (χ2n) is 8.64. The SMILES string of the molecule is O=C(c1cnc2ccccc2c1)C1CC2CCCC(C1)N2C(=O)OCc1ccccc1. The molecule has 2 aromatic carbocycles. The van der Waals surface area contributed by atoms with Crippen LogP contribution in [0.4, 0.5) is 4.79 Å². The van der Waals surface area contributed by atoms with Crippen LogP contribution < -0.4 is 0 Å². The van der Waals surface area contributed by atoms with Crippen molar-refractivity contribution in [2.45, 2.75) is 50.8 Å². The third kappa shape index (κ3) is 4.05. The molecule has 2 aliphatic heterocycles. The molecule has 2 saturated heterocycles. The summed E-state index contributed by atoms with van der Waals surface area (Å²) in [6, 6.07) is 19.7. The van der Waals surface area contributed by atoms with Crippen molar-refractivity contribution < 1.29 is 14.3 Å². The van der Waals surface area contributed by atoms with Crippen molar-refractivity contribution in [1.82, 2.24) is 9.88 Å². The number of hydrogen-bond donors (Lipinski definition) is 0. The van der Waals surface area contributed by atoms with Gasteiger partial charge in [-0.25, -0.2) is 4.79 Å². The molecular formula is C26H26N2O3. The van der Waals surface area contributed by atoms with Gasteiger partial charge in [0, 0.05) is 35.1 Å². The number of piperidine rings is 2. The molecule has 0 N–H and O–H groups in total. The predicted molar refractivity (Wildman–Crippen MR) is 119 cm³/mol. The minimum Gasteiger partial charge on any atom is -0.445 e. The molecule has 2 atom stereocenters. The largest absolute Gasteiger partial charge is 0.445 e. The zero-order valence-corrected chi connectivity index (χ0v) is 17.4. The van der Waals surface area contributed by atoms with E-state index in [1.165, 1.54) is 0 Å². The van der Waals surface area contributed by atoms with E-state index in [-0.39, 0.29) is 36.5 Å². The highest BCUT2D eigenvalue weighted by Gasteiger charge is 2.43. The zero-order valence-electron chi connectivity index (χ0n) is 17.4. The van der Waals surface area contributed by atoms with Crippen LogP contribution in [-0.4, -0.2) is 33.8 Å². The van der Waals surface area contributed by atoms with Gasteiger partial charge in [-0.05, 0) is 49.8 Å². The van der Waals surface area contributed by atoms with E-state index in [4.69, 9.17) is 4.74 Å². The molecule has 0 aliphatic carbocycles. The number of carbonyl (C=O) groups is 2. The first-order chi connectivity index (χ1) is 15.2. The number of ketones is 1. The van der Waals surface area contributed by atoms with Crippen LogP contribution in [0.5, 0.6) is 0 Å². The zero-order chi connectivity index (χ0) is 21.2. The molecule has 2 unspecified atom stereocenters. The number of amides is 1. The normalized spacial score (nSPS) is 22.8. The molecule has 3 aromatic rings. The first-order valence-corrected chi connectivity index (χ1v) is 11.1. The summed E-state index contributed by atoms with van der Waals surface area (Å²) >= 11 is 0. The van der Waals surface area contributed by atoms with E-state index in [0.717, 1.165) is 35.7 Å². The van der Waals surface area contributed by atoms with Gasteiger partial charge in [-0.1, -0.05) is 48.5 Å². The fourth-order valence-electron chi connectivity index (χ4n) is 5.13. The molecule has 158 valence electrons. The Kier molecular flexibility index (Phi) is 5.41. The summed E-state index contributed by atoms with van der Waals surface area (Å²) in [7, 11) is 0. The van der Waals surface area contributed by atoms with E-state index in [9.17, 15) is 9.59 Å². The second kappa shape index (κ2) is 8.50.